The van der Waals surface area contributed by atoms with E-state index in [1.165, 1.54) is 12.8 Å². The van der Waals surface area contributed by atoms with E-state index in [1.54, 1.807) is 12.1 Å². The summed E-state index contributed by atoms with van der Waals surface area (Å²) in [7, 11) is 1.92. The van der Waals surface area contributed by atoms with Crippen molar-refractivity contribution in [1.82, 2.24) is 10.2 Å². The number of hydrogen-bond donors (Lipinski definition) is 1. The van der Waals surface area contributed by atoms with E-state index >= 15 is 0 Å². The van der Waals surface area contributed by atoms with Crippen LogP contribution < -0.4 is 5.32 Å². The maximum Gasteiger partial charge on any atom is 0.127 e. The van der Waals surface area contributed by atoms with Gasteiger partial charge in [0.05, 0.1) is 0 Å². The minimum Gasteiger partial charge on any atom is -0.313 e. The smallest absolute Gasteiger partial charge is 0.127 e. The van der Waals surface area contributed by atoms with Crippen molar-refractivity contribution in [3.8, 4) is 0 Å². The fraction of sp³-hybridized carbons (Fsp3) is 0.647. The van der Waals surface area contributed by atoms with E-state index in [0.29, 0.717) is 5.92 Å². The standard InChI is InChI=1S/C17H27FN2/c1-13(12-20-11-7-10-17(20,2)3)16(19-4)14-8-5-6-9-15(14)18/h5-6,8-9,13,16,19H,7,10-12H2,1-4H3. The van der Waals surface area contributed by atoms with E-state index in [9.17, 15) is 4.39 Å². The number of nitrogens with one attached hydrogen (secondary N) is 1. The minimum atomic E-state index is -0.112. The molecule has 112 valence electrons. The van der Waals surface area contributed by atoms with Crippen molar-refractivity contribution in [2.45, 2.75) is 45.2 Å². The zero-order valence-corrected chi connectivity index (χ0v) is 13.1. The molecule has 0 aromatic heterocycles. The number of likely N-dealkylation sites (tertiary alicyclic amines) is 1. The Labute approximate surface area is 122 Å². The second-order valence-electron chi connectivity index (χ2n) is 6.63. The zero-order valence-electron chi connectivity index (χ0n) is 13.1. The van der Waals surface area contributed by atoms with Crippen LogP contribution in [0.3, 0.4) is 0 Å². The van der Waals surface area contributed by atoms with Gasteiger partial charge in [0.2, 0.25) is 0 Å². The van der Waals surface area contributed by atoms with Gasteiger partial charge in [-0.2, -0.15) is 0 Å². The molecule has 0 saturated carbocycles. The molecular formula is C17H27FN2. The first-order chi connectivity index (χ1) is 9.45. The fourth-order valence-corrected chi connectivity index (χ4v) is 3.43. The van der Waals surface area contributed by atoms with Crippen LogP contribution in [0.15, 0.2) is 24.3 Å². The molecular weight excluding hydrogens is 251 g/mol. The van der Waals surface area contributed by atoms with E-state index in [4.69, 9.17) is 0 Å². The molecule has 0 bridgehead atoms. The number of nitrogens with zero attached hydrogens (tertiary/aromatic N) is 1. The quantitative estimate of drug-likeness (QED) is 0.885. The summed E-state index contributed by atoms with van der Waals surface area (Å²) in [4.78, 5) is 2.54. The third-order valence-corrected chi connectivity index (χ3v) is 4.70. The van der Waals surface area contributed by atoms with E-state index in [-0.39, 0.29) is 17.4 Å². The summed E-state index contributed by atoms with van der Waals surface area (Å²) in [5, 5.41) is 3.29. The highest BCUT2D eigenvalue weighted by molar-refractivity contribution is 5.22. The van der Waals surface area contributed by atoms with Crippen LogP contribution in [0.5, 0.6) is 0 Å². The second-order valence-corrected chi connectivity index (χ2v) is 6.63. The molecule has 1 aliphatic heterocycles. The van der Waals surface area contributed by atoms with Crippen molar-refractivity contribution in [2.24, 2.45) is 5.92 Å². The Kier molecular flexibility index (Phi) is 4.82. The predicted octanol–water partition coefficient (Wildman–Crippen LogP) is 3.60. The molecule has 0 aliphatic carbocycles. The van der Waals surface area contributed by atoms with Crippen molar-refractivity contribution >= 4 is 0 Å². The first-order valence-electron chi connectivity index (χ1n) is 7.62. The third-order valence-electron chi connectivity index (χ3n) is 4.70. The third kappa shape index (κ3) is 3.21. The van der Waals surface area contributed by atoms with Crippen LogP contribution in [-0.4, -0.2) is 30.6 Å². The molecule has 2 nitrogen and oxygen atoms in total. The van der Waals surface area contributed by atoms with Gasteiger partial charge in [0.1, 0.15) is 5.82 Å². The average Bonchev–Trinajstić information content (AvgIpc) is 2.72. The van der Waals surface area contributed by atoms with E-state index in [0.717, 1.165) is 18.7 Å². The maximum atomic E-state index is 14.0. The highest BCUT2D eigenvalue weighted by atomic mass is 19.1. The molecule has 1 saturated heterocycles. The van der Waals surface area contributed by atoms with Gasteiger partial charge in [-0.15, -0.1) is 0 Å². The van der Waals surface area contributed by atoms with Gasteiger partial charge in [0.15, 0.2) is 0 Å². The van der Waals surface area contributed by atoms with Crippen molar-refractivity contribution in [1.29, 1.82) is 0 Å². The molecule has 2 atom stereocenters. The molecule has 1 heterocycles. The molecule has 3 heteroatoms. The average molecular weight is 278 g/mol. The van der Waals surface area contributed by atoms with Crippen molar-refractivity contribution in [3.05, 3.63) is 35.6 Å². The number of rotatable bonds is 5. The summed E-state index contributed by atoms with van der Waals surface area (Å²) < 4.78 is 14.0. The fourth-order valence-electron chi connectivity index (χ4n) is 3.43. The summed E-state index contributed by atoms with van der Waals surface area (Å²) in [5.74, 6) is 0.258. The van der Waals surface area contributed by atoms with Crippen LogP contribution in [0.4, 0.5) is 4.39 Å². The van der Waals surface area contributed by atoms with Gasteiger partial charge < -0.3 is 5.32 Å². The summed E-state index contributed by atoms with van der Waals surface area (Å²) >= 11 is 0. The van der Waals surface area contributed by atoms with Crippen LogP contribution in [0, 0.1) is 11.7 Å². The molecule has 0 spiro atoms. The minimum absolute atomic E-state index is 0.0626. The molecule has 20 heavy (non-hydrogen) atoms. The zero-order chi connectivity index (χ0) is 14.8. The summed E-state index contributed by atoms with van der Waals surface area (Å²) in [5.41, 5.74) is 1.06. The first-order valence-corrected chi connectivity index (χ1v) is 7.62. The largest absolute Gasteiger partial charge is 0.313 e. The van der Waals surface area contributed by atoms with Crippen molar-refractivity contribution in [3.63, 3.8) is 0 Å². The molecule has 1 aromatic rings. The molecule has 1 N–H and O–H groups in total. The Bertz CT molecular complexity index is 444. The Morgan fingerprint density at radius 3 is 2.60 bits per heavy atom. The van der Waals surface area contributed by atoms with Crippen LogP contribution >= 0.6 is 0 Å². The molecule has 2 unspecified atom stereocenters. The molecule has 0 amide bonds. The van der Waals surface area contributed by atoms with Gasteiger partial charge in [0.25, 0.3) is 0 Å². The maximum absolute atomic E-state index is 14.0. The molecule has 2 rings (SSSR count). The summed E-state index contributed by atoms with van der Waals surface area (Å²) in [6.07, 6.45) is 2.52. The SMILES string of the molecule is CNC(c1ccccc1F)C(C)CN1CCCC1(C)C. The van der Waals surface area contributed by atoms with Gasteiger partial charge in [-0.1, -0.05) is 25.1 Å². The topological polar surface area (TPSA) is 15.3 Å². The van der Waals surface area contributed by atoms with Gasteiger partial charge in [-0.05, 0) is 52.3 Å². The van der Waals surface area contributed by atoms with E-state index in [1.807, 2.05) is 19.2 Å². The molecule has 1 fully saturated rings. The van der Waals surface area contributed by atoms with Crippen molar-refractivity contribution < 1.29 is 4.39 Å². The Hall–Kier alpha value is -0.930. The van der Waals surface area contributed by atoms with Crippen LogP contribution in [0.25, 0.3) is 0 Å². The second kappa shape index (κ2) is 6.23. The monoisotopic (exact) mass is 278 g/mol. The summed E-state index contributed by atoms with van der Waals surface area (Å²) in [6.45, 7) is 8.99. The normalized spacial score (nSPS) is 21.9. The number of hydrogen-bond acceptors (Lipinski definition) is 2. The first kappa shape index (κ1) is 15.5. The number of halogens is 1. The van der Waals surface area contributed by atoms with Gasteiger partial charge >= 0.3 is 0 Å². The molecule has 1 aliphatic rings. The van der Waals surface area contributed by atoms with E-state index in [2.05, 4.69) is 31.0 Å². The lowest BCUT2D eigenvalue weighted by Gasteiger charge is -2.36. The predicted molar refractivity (Wildman–Crippen MR) is 82.3 cm³/mol. The van der Waals surface area contributed by atoms with Gasteiger partial charge in [-0.3, -0.25) is 4.90 Å². The Morgan fingerprint density at radius 1 is 1.35 bits per heavy atom. The Morgan fingerprint density at radius 2 is 2.05 bits per heavy atom. The molecule has 1 aromatic carbocycles. The highest BCUT2D eigenvalue weighted by Gasteiger charge is 2.34. The van der Waals surface area contributed by atoms with Crippen LogP contribution in [-0.2, 0) is 0 Å². The lowest BCUT2D eigenvalue weighted by molar-refractivity contribution is 0.139. The lowest BCUT2D eigenvalue weighted by atomic mass is 9.92. The number of benzene rings is 1. The Balaban J connectivity index is 2.10. The van der Waals surface area contributed by atoms with Gasteiger partial charge in [-0.25, -0.2) is 4.39 Å². The lowest BCUT2D eigenvalue weighted by Crippen LogP contribution is -2.43. The molecule has 0 radical (unpaired) electrons. The van der Waals surface area contributed by atoms with Crippen molar-refractivity contribution in [2.75, 3.05) is 20.1 Å². The highest BCUT2D eigenvalue weighted by Crippen LogP contribution is 2.32. The summed E-state index contributed by atoms with van der Waals surface area (Å²) in [6, 6.07) is 7.16. The van der Waals surface area contributed by atoms with Gasteiger partial charge in [0, 0.05) is 23.7 Å². The van der Waals surface area contributed by atoms with Crippen LogP contribution in [0.1, 0.15) is 45.2 Å². The van der Waals surface area contributed by atoms with E-state index < -0.39 is 0 Å². The van der Waals surface area contributed by atoms with Crippen LogP contribution in [0.2, 0.25) is 0 Å².